The number of aromatic nitrogens is 2. The van der Waals surface area contributed by atoms with Crippen LogP contribution in [-0.2, 0) is 19.8 Å². The van der Waals surface area contributed by atoms with E-state index < -0.39 is 41.7 Å². The number of rotatable bonds is 12. The highest BCUT2D eigenvalue weighted by Crippen LogP contribution is 2.43. The second-order valence-corrected chi connectivity index (χ2v) is 11.4. The van der Waals surface area contributed by atoms with Gasteiger partial charge in [-0.05, 0) is 59.2 Å². The van der Waals surface area contributed by atoms with Gasteiger partial charge in [0.1, 0.15) is 41.2 Å². The van der Waals surface area contributed by atoms with E-state index in [1.807, 2.05) is 78.9 Å². The summed E-state index contributed by atoms with van der Waals surface area (Å²) < 4.78 is 31.0. The summed E-state index contributed by atoms with van der Waals surface area (Å²) in [6.07, 6.45) is -2.60. The van der Waals surface area contributed by atoms with Crippen LogP contribution in [-0.4, -0.2) is 66.8 Å². The van der Waals surface area contributed by atoms with E-state index in [2.05, 4.69) is 10.3 Å². The van der Waals surface area contributed by atoms with Crippen LogP contribution in [0.4, 0.5) is 5.82 Å². The van der Waals surface area contributed by atoms with Crippen LogP contribution in [0.1, 0.15) is 33.3 Å². The molecule has 49 heavy (non-hydrogen) atoms. The number of nitrogens with one attached hydrogen (secondary N) is 1. The molecular formula is C38H37N3O8. The third kappa shape index (κ3) is 6.83. The van der Waals surface area contributed by atoms with Gasteiger partial charge in [0.25, 0.3) is 5.91 Å². The Hall–Kier alpha value is -5.33. The van der Waals surface area contributed by atoms with Gasteiger partial charge in [0, 0.05) is 18.9 Å². The van der Waals surface area contributed by atoms with Crippen LogP contribution in [0.5, 0.6) is 11.5 Å². The van der Waals surface area contributed by atoms with Gasteiger partial charge in [-0.25, -0.2) is 4.79 Å². The second kappa shape index (κ2) is 14.8. The maximum atomic E-state index is 13.2. The molecule has 0 spiro atoms. The number of aliphatic hydroxyl groups is 1. The van der Waals surface area contributed by atoms with Crippen molar-refractivity contribution >= 4 is 11.7 Å². The number of aliphatic hydroxyl groups excluding tert-OH is 1. The first-order valence-electron chi connectivity index (χ1n) is 15.7. The molecule has 0 saturated carbocycles. The Morgan fingerprint density at radius 2 is 1.37 bits per heavy atom. The van der Waals surface area contributed by atoms with Crippen molar-refractivity contribution in [2.45, 2.75) is 30.1 Å². The van der Waals surface area contributed by atoms with Crippen LogP contribution >= 0.6 is 0 Å². The molecular weight excluding hydrogens is 626 g/mol. The maximum absolute atomic E-state index is 13.2. The Bertz CT molecular complexity index is 1850. The van der Waals surface area contributed by atoms with Crippen molar-refractivity contribution in [2.24, 2.45) is 0 Å². The summed E-state index contributed by atoms with van der Waals surface area (Å²) >= 11 is 0. The lowest BCUT2D eigenvalue weighted by Crippen LogP contribution is -2.40. The molecule has 5 aromatic rings. The summed E-state index contributed by atoms with van der Waals surface area (Å²) in [5.41, 5.74) is 1.06. The molecule has 6 rings (SSSR count). The van der Waals surface area contributed by atoms with Gasteiger partial charge in [-0.3, -0.25) is 9.36 Å². The van der Waals surface area contributed by atoms with E-state index in [-0.39, 0.29) is 12.4 Å². The highest BCUT2D eigenvalue weighted by molar-refractivity contribution is 6.03. The third-order valence-corrected chi connectivity index (χ3v) is 8.60. The molecule has 4 atom stereocenters. The van der Waals surface area contributed by atoms with Crippen molar-refractivity contribution in [1.82, 2.24) is 9.55 Å². The number of ether oxygens (including phenoxy) is 5. The number of hydrogen-bond acceptors (Lipinski definition) is 9. The molecule has 0 radical (unpaired) electrons. The summed E-state index contributed by atoms with van der Waals surface area (Å²) in [5, 5.41) is 14.0. The first-order valence-corrected chi connectivity index (χ1v) is 15.7. The highest BCUT2D eigenvalue weighted by Gasteiger charge is 2.47. The molecule has 252 valence electrons. The molecule has 1 saturated heterocycles. The molecule has 1 fully saturated rings. The third-order valence-electron chi connectivity index (χ3n) is 8.60. The van der Waals surface area contributed by atoms with Crippen LogP contribution in [0.15, 0.2) is 126 Å². The van der Waals surface area contributed by atoms with Crippen molar-refractivity contribution in [3.63, 3.8) is 0 Å². The second-order valence-electron chi connectivity index (χ2n) is 11.4. The fraction of sp³-hybridized carbons (Fsp3) is 0.237. The van der Waals surface area contributed by atoms with Gasteiger partial charge in [-0.15, -0.1) is 0 Å². The SMILES string of the molecule is COc1ccc(C(OC[C@H]2O[C@@H](n3ccc(NC(=O)c4ccccc4)nc3=O)[C@H](O)[C@@H]2OC)(c2ccccc2)c2ccc(OC)cc2)cc1. The Morgan fingerprint density at radius 3 is 1.90 bits per heavy atom. The van der Waals surface area contributed by atoms with Gasteiger partial charge < -0.3 is 34.1 Å². The summed E-state index contributed by atoms with van der Waals surface area (Å²) in [6, 6.07) is 35.1. The van der Waals surface area contributed by atoms with Crippen LogP contribution in [0.3, 0.4) is 0 Å². The lowest BCUT2D eigenvalue weighted by Gasteiger charge is -2.37. The van der Waals surface area contributed by atoms with Crippen LogP contribution in [0.2, 0.25) is 0 Å². The van der Waals surface area contributed by atoms with E-state index in [9.17, 15) is 14.7 Å². The molecule has 0 unspecified atom stereocenters. The Kier molecular flexibility index (Phi) is 10.2. The maximum Gasteiger partial charge on any atom is 0.351 e. The standard InChI is InChI=1S/C38H37N3O8/c1-45-29-18-14-27(15-19-29)38(26-12-8-5-9-13-26,28-16-20-30(46-2)21-17-28)48-24-31-34(47-3)33(42)36(49-31)41-23-22-32(40-37(41)44)39-35(43)25-10-6-4-7-11-25/h4-23,31,33-34,36,42H,24H2,1-3H3,(H,39,40,43,44)/t31-,33-,34-,36-/m1/s1. The molecule has 11 nitrogen and oxygen atoms in total. The molecule has 1 aliphatic rings. The zero-order valence-corrected chi connectivity index (χ0v) is 27.3. The highest BCUT2D eigenvalue weighted by atomic mass is 16.6. The summed E-state index contributed by atoms with van der Waals surface area (Å²) in [7, 11) is 4.69. The van der Waals surface area contributed by atoms with E-state index in [4.69, 9.17) is 23.7 Å². The van der Waals surface area contributed by atoms with Crippen molar-refractivity contribution in [1.29, 1.82) is 0 Å². The van der Waals surface area contributed by atoms with Gasteiger partial charge in [-0.1, -0.05) is 72.8 Å². The van der Waals surface area contributed by atoms with Crippen molar-refractivity contribution < 1.29 is 33.6 Å². The minimum Gasteiger partial charge on any atom is -0.497 e. The lowest BCUT2D eigenvalue weighted by atomic mass is 9.80. The number of carbonyl (C=O) groups excluding carboxylic acids is 1. The first kappa shape index (κ1) is 33.6. The average Bonchev–Trinajstić information content (AvgIpc) is 3.47. The summed E-state index contributed by atoms with van der Waals surface area (Å²) in [5.74, 6) is 1.04. The molecule has 0 aliphatic carbocycles. The van der Waals surface area contributed by atoms with Gasteiger partial charge in [0.2, 0.25) is 0 Å². The predicted molar refractivity (Wildman–Crippen MR) is 182 cm³/mol. The monoisotopic (exact) mass is 663 g/mol. The van der Waals surface area contributed by atoms with E-state index in [1.165, 1.54) is 23.9 Å². The molecule has 11 heteroatoms. The van der Waals surface area contributed by atoms with E-state index in [1.54, 1.807) is 44.6 Å². The predicted octanol–water partition coefficient (Wildman–Crippen LogP) is 4.79. The quantitative estimate of drug-likeness (QED) is 0.181. The number of anilines is 1. The number of nitrogens with zero attached hydrogens (tertiary/aromatic N) is 2. The summed E-state index contributed by atoms with van der Waals surface area (Å²) in [6.45, 7) is -0.0353. The Labute approximate surface area is 283 Å². The topological polar surface area (TPSA) is 130 Å². The smallest absolute Gasteiger partial charge is 0.351 e. The van der Waals surface area contributed by atoms with Gasteiger partial charge >= 0.3 is 5.69 Å². The lowest BCUT2D eigenvalue weighted by molar-refractivity contribution is -0.0994. The number of methoxy groups -OCH3 is 3. The van der Waals surface area contributed by atoms with E-state index in [0.29, 0.717) is 17.1 Å². The summed E-state index contributed by atoms with van der Waals surface area (Å²) in [4.78, 5) is 29.8. The molecule has 2 heterocycles. The Morgan fingerprint density at radius 1 is 0.816 bits per heavy atom. The van der Waals surface area contributed by atoms with Gasteiger partial charge in [-0.2, -0.15) is 4.98 Å². The minimum absolute atomic E-state index is 0.0353. The number of benzene rings is 4. The van der Waals surface area contributed by atoms with Crippen LogP contribution < -0.4 is 20.5 Å². The first-order chi connectivity index (χ1) is 23.9. The molecule has 1 amide bonds. The zero-order valence-electron chi connectivity index (χ0n) is 27.3. The minimum atomic E-state index is -1.24. The van der Waals surface area contributed by atoms with E-state index in [0.717, 1.165) is 16.7 Å². The van der Waals surface area contributed by atoms with Crippen molar-refractivity contribution in [3.05, 3.63) is 154 Å². The Balaban J connectivity index is 1.31. The number of carbonyl (C=O) groups is 1. The zero-order chi connectivity index (χ0) is 34.4. The van der Waals surface area contributed by atoms with Crippen LogP contribution in [0, 0.1) is 0 Å². The fourth-order valence-corrected chi connectivity index (χ4v) is 6.11. The number of amides is 1. The molecule has 4 aromatic carbocycles. The normalized spacial score (nSPS) is 18.9. The largest absolute Gasteiger partial charge is 0.497 e. The van der Waals surface area contributed by atoms with Gasteiger partial charge in [0.05, 0.1) is 20.8 Å². The number of hydrogen-bond donors (Lipinski definition) is 2. The van der Waals surface area contributed by atoms with Gasteiger partial charge in [0.15, 0.2) is 6.23 Å². The molecule has 1 aliphatic heterocycles. The average molecular weight is 664 g/mol. The fourth-order valence-electron chi connectivity index (χ4n) is 6.11. The molecule has 1 aromatic heterocycles. The van der Waals surface area contributed by atoms with E-state index >= 15 is 0 Å². The van der Waals surface area contributed by atoms with Crippen molar-refractivity contribution in [2.75, 3.05) is 33.3 Å². The van der Waals surface area contributed by atoms with Crippen LogP contribution in [0.25, 0.3) is 0 Å². The molecule has 0 bridgehead atoms. The van der Waals surface area contributed by atoms with Crippen molar-refractivity contribution in [3.8, 4) is 11.5 Å². The molecule has 2 N–H and O–H groups in total.